The molecule has 0 saturated carbocycles. The minimum atomic E-state index is -0.851. The van der Waals surface area contributed by atoms with Gasteiger partial charge >= 0.3 is 0 Å². The van der Waals surface area contributed by atoms with E-state index in [9.17, 15) is 4.79 Å². The topological polar surface area (TPSA) is 38.7 Å². The fourth-order valence-corrected chi connectivity index (χ4v) is 4.68. The third kappa shape index (κ3) is 3.74. The molecule has 0 aromatic heterocycles. The summed E-state index contributed by atoms with van der Waals surface area (Å²) in [4.78, 5) is 19.9. The number of hydrogen-bond donors (Lipinski definition) is 0. The smallest absolute Gasteiger partial charge is 0.187 e. The Morgan fingerprint density at radius 3 is 1.88 bits per heavy atom. The lowest BCUT2D eigenvalue weighted by Gasteiger charge is -2.39. The van der Waals surface area contributed by atoms with Crippen LogP contribution in [0.4, 0.5) is 0 Å². The van der Waals surface area contributed by atoms with Gasteiger partial charge in [0.25, 0.3) is 0 Å². The Labute approximate surface area is 191 Å². The van der Waals surface area contributed by atoms with Gasteiger partial charge in [-0.2, -0.15) is 0 Å². The Balaban J connectivity index is 2.00. The number of carbonyl (C=O) groups excluding carboxylic acids is 1. The summed E-state index contributed by atoms with van der Waals surface area (Å²) in [5.74, 6) is -0.0511. The van der Waals surface area contributed by atoms with Gasteiger partial charge in [-0.15, -0.1) is 0 Å². The van der Waals surface area contributed by atoms with E-state index in [1.807, 2.05) is 30.4 Å². The summed E-state index contributed by atoms with van der Waals surface area (Å²) >= 11 is 0. The molecule has 0 radical (unpaired) electrons. The van der Waals surface area contributed by atoms with Crippen LogP contribution in [0.15, 0.2) is 83.1 Å². The number of nitrogens with zero attached hydrogens (tertiary/aromatic N) is 1. The molecule has 3 heteroatoms. The van der Waals surface area contributed by atoms with E-state index in [1.54, 1.807) is 0 Å². The van der Waals surface area contributed by atoms with Crippen molar-refractivity contribution in [3.05, 3.63) is 94.6 Å². The van der Waals surface area contributed by atoms with E-state index in [1.165, 1.54) is 5.56 Å². The fourth-order valence-electron chi connectivity index (χ4n) is 4.68. The molecule has 1 spiro atoms. The average molecular weight is 428 g/mol. The van der Waals surface area contributed by atoms with E-state index in [0.717, 1.165) is 28.0 Å². The second-order valence-electron chi connectivity index (χ2n) is 11.0. The van der Waals surface area contributed by atoms with Crippen molar-refractivity contribution < 1.29 is 9.63 Å². The average Bonchev–Trinajstić information content (AvgIpc) is 3.07. The molecule has 2 aromatic rings. The van der Waals surface area contributed by atoms with Gasteiger partial charge in [-0.05, 0) is 41.0 Å². The third-order valence-electron chi connectivity index (χ3n) is 6.44. The lowest BCUT2D eigenvalue weighted by atomic mass is 9.65. The summed E-state index contributed by atoms with van der Waals surface area (Å²) in [6, 6.07) is 18.6. The third-order valence-corrected chi connectivity index (χ3v) is 6.44. The van der Waals surface area contributed by atoms with E-state index >= 15 is 0 Å². The van der Waals surface area contributed by atoms with E-state index in [2.05, 4.69) is 90.0 Å². The van der Waals surface area contributed by atoms with Crippen LogP contribution >= 0.6 is 0 Å². The highest BCUT2D eigenvalue weighted by Gasteiger charge is 2.52. The van der Waals surface area contributed by atoms with Crippen molar-refractivity contribution in [2.45, 2.75) is 60.0 Å². The van der Waals surface area contributed by atoms with Gasteiger partial charge in [0.05, 0.1) is 11.6 Å². The fraction of sp³-hybridized carbons (Fsp3) is 0.379. The Morgan fingerprint density at radius 2 is 1.34 bits per heavy atom. The predicted molar refractivity (Wildman–Crippen MR) is 131 cm³/mol. The number of hydrogen-bond acceptors (Lipinski definition) is 3. The second kappa shape index (κ2) is 7.58. The summed E-state index contributed by atoms with van der Waals surface area (Å²) in [7, 11) is 0. The lowest BCUT2D eigenvalue weighted by molar-refractivity contribution is -0.114. The number of Topliss-reactive ketones (excluding diaryl/α,β-unsaturated/α-hetero) is 1. The molecule has 1 aliphatic carbocycles. The molecule has 1 atom stereocenters. The maximum absolute atomic E-state index is 13.6. The molecule has 4 rings (SSSR count). The number of rotatable bonds is 2. The molecule has 2 aliphatic rings. The highest BCUT2D eigenvalue weighted by atomic mass is 16.7. The zero-order valence-electron chi connectivity index (χ0n) is 20.2. The highest BCUT2D eigenvalue weighted by Crippen LogP contribution is 2.50. The molecule has 0 bridgehead atoms. The first-order chi connectivity index (χ1) is 14.9. The number of oxime groups is 1. The van der Waals surface area contributed by atoms with Crippen LogP contribution in [0.5, 0.6) is 0 Å². The number of carbonyl (C=O) groups is 1. The SMILES string of the molecule is Cc1ccccc1C1C(c2ccccc2)=NOC12C=C(C(C)(C)C)C(=O)C(C(C)(C)C)=C2. The van der Waals surface area contributed by atoms with Crippen LogP contribution in [0.1, 0.15) is 64.2 Å². The first-order valence-electron chi connectivity index (χ1n) is 11.3. The van der Waals surface area contributed by atoms with Crippen LogP contribution in [-0.4, -0.2) is 17.1 Å². The van der Waals surface area contributed by atoms with Crippen LogP contribution in [0.2, 0.25) is 0 Å². The van der Waals surface area contributed by atoms with Gasteiger partial charge in [0.2, 0.25) is 0 Å². The molecule has 0 fully saturated rings. The highest BCUT2D eigenvalue weighted by molar-refractivity contribution is 6.13. The van der Waals surface area contributed by atoms with Gasteiger partial charge < -0.3 is 4.84 Å². The monoisotopic (exact) mass is 427 g/mol. The van der Waals surface area contributed by atoms with Crippen molar-refractivity contribution in [2.24, 2.45) is 16.0 Å². The van der Waals surface area contributed by atoms with Gasteiger partial charge in [-0.25, -0.2) is 0 Å². The minimum Gasteiger partial charge on any atom is -0.379 e. The molecule has 0 N–H and O–H groups in total. The molecule has 1 heterocycles. The zero-order valence-corrected chi connectivity index (χ0v) is 20.2. The Bertz CT molecular complexity index is 1100. The Hall–Kier alpha value is -2.94. The largest absolute Gasteiger partial charge is 0.379 e. The molecule has 166 valence electrons. The van der Waals surface area contributed by atoms with E-state index in [0.29, 0.717) is 0 Å². The summed E-state index contributed by atoms with van der Waals surface area (Å²) < 4.78 is 0. The van der Waals surface area contributed by atoms with Crippen molar-refractivity contribution >= 4 is 11.5 Å². The van der Waals surface area contributed by atoms with Crippen LogP contribution in [-0.2, 0) is 9.63 Å². The van der Waals surface area contributed by atoms with Gasteiger partial charge in [0.15, 0.2) is 11.4 Å². The zero-order chi connectivity index (χ0) is 23.3. The van der Waals surface area contributed by atoms with Crippen molar-refractivity contribution in [2.75, 3.05) is 0 Å². The van der Waals surface area contributed by atoms with E-state index < -0.39 is 5.60 Å². The lowest BCUT2D eigenvalue weighted by Crippen LogP contribution is -2.42. The van der Waals surface area contributed by atoms with Crippen molar-refractivity contribution in [1.29, 1.82) is 0 Å². The summed E-state index contributed by atoms with van der Waals surface area (Å²) in [6.45, 7) is 14.7. The molecule has 32 heavy (non-hydrogen) atoms. The number of benzene rings is 2. The standard InChI is InChI=1S/C29H33NO2/c1-19-13-11-12-16-21(19)24-25(20-14-9-8-10-15-20)30-32-29(24)17-22(27(2,3)4)26(31)23(18-29)28(5,6)7/h8-18,24H,1-7H3. The van der Waals surface area contributed by atoms with Crippen LogP contribution in [0.3, 0.4) is 0 Å². The number of ketones is 1. The summed E-state index contributed by atoms with van der Waals surface area (Å²) in [6.07, 6.45) is 4.09. The van der Waals surface area contributed by atoms with Crippen LogP contribution < -0.4 is 0 Å². The molecular weight excluding hydrogens is 394 g/mol. The Kier molecular flexibility index (Phi) is 5.27. The van der Waals surface area contributed by atoms with Crippen molar-refractivity contribution in [3.63, 3.8) is 0 Å². The first-order valence-corrected chi connectivity index (χ1v) is 11.3. The number of allylic oxidation sites excluding steroid dienone is 2. The van der Waals surface area contributed by atoms with Gasteiger partial charge in [-0.1, -0.05) is 101 Å². The predicted octanol–water partition coefficient (Wildman–Crippen LogP) is 6.78. The van der Waals surface area contributed by atoms with Crippen LogP contribution in [0.25, 0.3) is 0 Å². The van der Waals surface area contributed by atoms with Gasteiger partial charge in [0.1, 0.15) is 0 Å². The molecule has 3 nitrogen and oxygen atoms in total. The quantitative estimate of drug-likeness (QED) is 0.530. The summed E-state index contributed by atoms with van der Waals surface area (Å²) in [5.41, 5.74) is 4.36. The minimum absolute atomic E-state index is 0.107. The summed E-state index contributed by atoms with van der Waals surface area (Å²) in [5, 5.41) is 4.66. The van der Waals surface area contributed by atoms with Crippen molar-refractivity contribution in [1.82, 2.24) is 0 Å². The van der Waals surface area contributed by atoms with Crippen molar-refractivity contribution in [3.8, 4) is 0 Å². The molecule has 0 saturated heterocycles. The van der Waals surface area contributed by atoms with Crippen LogP contribution in [0, 0.1) is 17.8 Å². The maximum atomic E-state index is 13.6. The Morgan fingerprint density at radius 1 is 0.812 bits per heavy atom. The first kappa shape index (κ1) is 22.3. The molecule has 2 aromatic carbocycles. The second-order valence-corrected chi connectivity index (χ2v) is 11.0. The normalized spacial score (nSPS) is 20.5. The molecule has 1 aliphatic heterocycles. The van der Waals surface area contributed by atoms with Gasteiger partial charge in [0, 0.05) is 16.7 Å². The van der Waals surface area contributed by atoms with E-state index in [-0.39, 0.29) is 22.5 Å². The number of aryl methyl sites for hydroxylation is 1. The molecule has 0 amide bonds. The molecule has 1 unspecified atom stereocenters. The molecular formula is C29H33NO2. The van der Waals surface area contributed by atoms with E-state index in [4.69, 9.17) is 4.84 Å². The maximum Gasteiger partial charge on any atom is 0.187 e. The van der Waals surface area contributed by atoms with Gasteiger partial charge in [-0.3, -0.25) is 4.79 Å².